The normalized spacial score (nSPS) is 15.8. The van der Waals surface area contributed by atoms with Crippen LogP contribution in [0, 0.1) is 13.8 Å². The maximum absolute atomic E-state index is 13.2. The van der Waals surface area contributed by atoms with Crippen molar-refractivity contribution in [3.63, 3.8) is 0 Å². The fourth-order valence-corrected chi connectivity index (χ4v) is 4.83. The van der Waals surface area contributed by atoms with E-state index in [0.717, 1.165) is 48.8 Å². The topological polar surface area (TPSA) is 49.9 Å². The Hall–Kier alpha value is -3.05. The van der Waals surface area contributed by atoms with Gasteiger partial charge in [0.15, 0.2) is 0 Å². The third kappa shape index (κ3) is 4.37. The number of rotatable bonds is 6. The average Bonchev–Trinajstić information content (AvgIpc) is 3.09. The molecule has 0 spiro atoms. The van der Waals surface area contributed by atoms with Crippen molar-refractivity contribution in [2.24, 2.45) is 0 Å². The number of ketones is 1. The van der Waals surface area contributed by atoms with Crippen molar-refractivity contribution < 1.29 is 14.8 Å². The lowest BCUT2D eigenvalue weighted by Gasteiger charge is -2.33. The lowest BCUT2D eigenvalue weighted by atomic mass is 10.1. The van der Waals surface area contributed by atoms with Crippen LogP contribution in [-0.4, -0.2) is 48.2 Å². The average molecular weight is 419 g/mol. The molecule has 1 fully saturated rings. The molecule has 162 valence electrons. The minimum Gasteiger partial charge on any atom is -0.506 e. The fraction of sp³-hybridized carbons (Fsp3) is 0.346. The highest BCUT2D eigenvalue weighted by Crippen LogP contribution is 2.27. The van der Waals surface area contributed by atoms with Crippen molar-refractivity contribution in [1.82, 2.24) is 4.57 Å². The number of nitrogens with zero attached hydrogens (tertiary/aromatic N) is 2. The van der Waals surface area contributed by atoms with Gasteiger partial charge in [0.05, 0.1) is 37.9 Å². The molecule has 2 heterocycles. The summed E-state index contributed by atoms with van der Waals surface area (Å²) in [6.45, 7) is 10.3. The number of para-hydroxylation sites is 2. The van der Waals surface area contributed by atoms with Gasteiger partial charge in [0.25, 0.3) is 0 Å². The number of Topliss-reactive ketones (excluding diaryl/α,β-unsaturated/α-hetero) is 1. The van der Waals surface area contributed by atoms with Crippen LogP contribution in [0.15, 0.2) is 60.7 Å². The van der Waals surface area contributed by atoms with Gasteiger partial charge in [-0.15, -0.1) is 0 Å². The molecule has 0 aliphatic carbocycles. The summed E-state index contributed by atoms with van der Waals surface area (Å²) < 4.78 is 2.27. The zero-order chi connectivity index (χ0) is 22.0. The molecular weight excluding hydrogens is 386 g/mol. The molecule has 2 N–H and O–H groups in total. The third-order valence-electron chi connectivity index (χ3n) is 6.56. The van der Waals surface area contributed by atoms with E-state index >= 15 is 0 Å². The first kappa shape index (κ1) is 21.2. The van der Waals surface area contributed by atoms with Gasteiger partial charge in [-0.1, -0.05) is 42.5 Å². The molecular formula is C26H32N3O2+. The number of hydrogen-bond acceptors (Lipinski definition) is 3. The van der Waals surface area contributed by atoms with Crippen molar-refractivity contribution in [2.75, 3.05) is 37.6 Å². The molecule has 5 nitrogen and oxygen atoms in total. The van der Waals surface area contributed by atoms with Gasteiger partial charge < -0.3 is 19.5 Å². The van der Waals surface area contributed by atoms with E-state index in [1.165, 1.54) is 10.5 Å². The fourth-order valence-electron chi connectivity index (χ4n) is 4.83. The molecule has 0 amide bonds. The molecule has 1 saturated heterocycles. The molecule has 0 bridgehead atoms. The molecule has 31 heavy (non-hydrogen) atoms. The van der Waals surface area contributed by atoms with Crippen LogP contribution in [0.5, 0.6) is 5.75 Å². The lowest BCUT2D eigenvalue weighted by Crippen LogP contribution is -3.15. The van der Waals surface area contributed by atoms with Crippen LogP contribution >= 0.6 is 0 Å². The highest BCUT2D eigenvalue weighted by Gasteiger charge is 2.26. The summed E-state index contributed by atoms with van der Waals surface area (Å²) in [5, 5.41) is 10.1. The molecule has 0 radical (unpaired) electrons. The Morgan fingerprint density at radius 3 is 2.35 bits per heavy atom. The monoisotopic (exact) mass is 418 g/mol. The summed E-state index contributed by atoms with van der Waals surface area (Å²) in [6, 6.07) is 20.1. The summed E-state index contributed by atoms with van der Waals surface area (Å²) in [4.78, 5) is 16.7. The van der Waals surface area contributed by atoms with E-state index in [-0.39, 0.29) is 11.8 Å². The van der Waals surface area contributed by atoms with Crippen LogP contribution in [-0.2, 0) is 0 Å². The van der Waals surface area contributed by atoms with Crippen LogP contribution in [0.4, 0.5) is 5.69 Å². The zero-order valence-corrected chi connectivity index (χ0v) is 18.6. The Morgan fingerprint density at radius 2 is 1.68 bits per heavy atom. The van der Waals surface area contributed by atoms with Crippen molar-refractivity contribution in [3.8, 4) is 5.75 Å². The summed E-state index contributed by atoms with van der Waals surface area (Å²) >= 11 is 0. The number of hydrogen-bond donors (Lipinski definition) is 2. The van der Waals surface area contributed by atoms with Crippen molar-refractivity contribution >= 4 is 11.5 Å². The number of aromatic hydroxyl groups is 1. The minimum absolute atomic E-state index is 0.192. The minimum atomic E-state index is 0.192. The number of carbonyl (C=O) groups excluding carboxylic acids is 1. The van der Waals surface area contributed by atoms with Crippen LogP contribution in [0.25, 0.3) is 0 Å². The number of phenols is 1. The zero-order valence-electron chi connectivity index (χ0n) is 18.6. The largest absolute Gasteiger partial charge is 0.506 e. The second-order valence-electron chi connectivity index (χ2n) is 8.57. The molecule has 1 aliphatic heterocycles. The van der Waals surface area contributed by atoms with Crippen LogP contribution < -0.4 is 9.80 Å². The van der Waals surface area contributed by atoms with E-state index in [0.29, 0.717) is 12.3 Å². The van der Waals surface area contributed by atoms with Gasteiger partial charge in [-0.25, -0.2) is 0 Å². The molecule has 4 rings (SSSR count). The number of benzene rings is 2. The molecule has 2 aromatic carbocycles. The number of phenolic OH excluding ortho intramolecular Hbond substituents is 1. The smallest absolute Gasteiger partial charge is 0.218 e. The van der Waals surface area contributed by atoms with Crippen LogP contribution in [0.2, 0.25) is 0 Å². The van der Waals surface area contributed by atoms with Gasteiger partial charge in [-0.2, -0.15) is 0 Å². The highest BCUT2D eigenvalue weighted by molar-refractivity contribution is 5.98. The molecule has 3 aromatic rings. The number of anilines is 1. The van der Waals surface area contributed by atoms with Crippen molar-refractivity contribution in [1.29, 1.82) is 0 Å². The first-order chi connectivity index (χ1) is 15.0. The quantitative estimate of drug-likeness (QED) is 0.605. The Bertz CT molecular complexity index is 1050. The van der Waals surface area contributed by atoms with Gasteiger partial charge >= 0.3 is 0 Å². The second-order valence-corrected chi connectivity index (χ2v) is 8.57. The number of quaternary nitrogens is 1. The number of piperazine rings is 1. The first-order valence-corrected chi connectivity index (χ1v) is 11.1. The summed E-state index contributed by atoms with van der Waals surface area (Å²) in [7, 11) is 0. The maximum atomic E-state index is 13.2. The van der Waals surface area contributed by atoms with Crippen LogP contribution in [0.3, 0.4) is 0 Å². The predicted molar refractivity (Wildman–Crippen MR) is 124 cm³/mol. The van der Waals surface area contributed by atoms with Crippen molar-refractivity contribution in [2.45, 2.75) is 26.8 Å². The molecule has 5 heteroatoms. The lowest BCUT2D eigenvalue weighted by molar-refractivity contribution is -0.892. The van der Waals surface area contributed by atoms with Gasteiger partial charge in [0.1, 0.15) is 12.3 Å². The molecule has 1 atom stereocenters. The first-order valence-electron chi connectivity index (χ1n) is 11.1. The third-order valence-corrected chi connectivity index (χ3v) is 6.56. The number of carbonyl (C=O) groups is 1. The van der Waals surface area contributed by atoms with E-state index in [1.54, 1.807) is 6.07 Å². The Kier molecular flexibility index (Phi) is 6.14. The standard InChI is InChI=1S/C26H31N3O2/c1-19-17-23(21(3)29(19)20(2)22-9-5-4-6-10-22)26(31)18-27-13-15-28(16-14-27)24-11-7-8-12-25(24)30/h4-12,17,20,30H,13-16,18H2,1-3H3/p+1/t20-/m0/s1. The summed E-state index contributed by atoms with van der Waals surface area (Å²) in [5.41, 5.74) is 5.14. The second kappa shape index (κ2) is 8.98. The Labute approximate surface area is 184 Å². The number of aromatic nitrogens is 1. The number of aryl methyl sites for hydroxylation is 1. The van der Waals surface area contributed by atoms with Gasteiger partial charge in [-0.05, 0) is 44.5 Å². The van der Waals surface area contributed by atoms with E-state index in [1.807, 2.05) is 24.3 Å². The molecule has 1 aromatic heterocycles. The maximum Gasteiger partial charge on any atom is 0.218 e. The molecule has 0 saturated carbocycles. The van der Waals surface area contributed by atoms with E-state index in [2.05, 4.69) is 60.6 Å². The summed E-state index contributed by atoms with van der Waals surface area (Å²) in [5.74, 6) is 0.535. The molecule has 1 aliphatic rings. The number of nitrogens with one attached hydrogen (secondary N) is 1. The van der Waals surface area contributed by atoms with Gasteiger partial charge in [-0.3, -0.25) is 4.79 Å². The molecule has 0 unspecified atom stereocenters. The Morgan fingerprint density at radius 1 is 1.03 bits per heavy atom. The SMILES string of the molecule is Cc1cc(C(=O)C[NH+]2CCN(c3ccccc3O)CC2)c(C)n1[C@@H](C)c1ccccc1. The van der Waals surface area contributed by atoms with E-state index in [9.17, 15) is 9.90 Å². The van der Waals surface area contributed by atoms with E-state index in [4.69, 9.17) is 0 Å². The van der Waals surface area contributed by atoms with Crippen molar-refractivity contribution in [3.05, 3.63) is 83.2 Å². The summed E-state index contributed by atoms with van der Waals surface area (Å²) in [6.07, 6.45) is 0. The van der Waals surface area contributed by atoms with Gasteiger partial charge in [0, 0.05) is 17.0 Å². The predicted octanol–water partition coefficient (Wildman–Crippen LogP) is 3.01. The van der Waals surface area contributed by atoms with Crippen LogP contribution in [0.1, 0.15) is 40.3 Å². The van der Waals surface area contributed by atoms with E-state index < -0.39 is 0 Å². The Balaban J connectivity index is 1.42. The van der Waals surface area contributed by atoms with Gasteiger partial charge in [0.2, 0.25) is 5.78 Å². The highest BCUT2D eigenvalue weighted by atomic mass is 16.3.